The minimum Gasteiger partial charge on any atom is -0.355 e. The van der Waals surface area contributed by atoms with Gasteiger partial charge >= 0.3 is 0 Å². The second-order valence-corrected chi connectivity index (χ2v) is 8.89. The lowest BCUT2D eigenvalue weighted by Crippen LogP contribution is -2.38. The number of nitrogens with zero attached hydrogens (tertiary/aromatic N) is 1. The third-order valence-electron chi connectivity index (χ3n) is 4.71. The molecule has 2 rings (SSSR count). The smallest absolute Gasteiger partial charge is 0.234 e. The molecule has 1 aliphatic heterocycles. The van der Waals surface area contributed by atoms with Crippen LogP contribution in [0.1, 0.15) is 39.0 Å². The maximum absolute atomic E-state index is 11.9. The first-order valence-corrected chi connectivity index (χ1v) is 11.6. The fraction of sp³-hybridized carbons (Fsp3) is 0.600. The molecule has 2 amide bonds. The van der Waals surface area contributed by atoms with Gasteiger partial charge in [-0.05, 0) is 63.9 Å². The lowest BCUT2D eigenvalue weighted by Gasteiger charge is -2.33. The van der Waals surface area contributed by atoms with Crippen molar-refractivity contribution in [2.24, 2.45) is 0 Å². The summed E-state index contributed by atoms with van der Waals surface area (Å²) in [4.78, 5) is 26.3. The summed E-state index contributed by atoms with van der Waals surface area (Å²) in [6.45, 7) is 5.37. The second-order valence-electron chi connectivity index (χ2n) is 6.99. The fourth-order valence-electron chi connectivity index (χ4n) is 3.21. The largest absolute Gasteiger partial charge is 0.355 e. The van der Waals surface area contributed by atoms with Gasteiger partial charge in [-0.1, -0.05) is 28.4 Å². The molecule has 1 heterocycles. The quantitative estimate of drug-likeness (QED) is 0.525. The maximum Gasteiger partial charge on any atom is 0.234 e. The maximum atomic E-state index is 11.9. The number of carbonyl (C=O) groups excluding carboxylic acids is 2. The first-order valence-electron chi connectivity index (χ1n) is 9.68. The number of carbonyl (C=O) groups is 2. The minimum absolute atomic E-state index is 0.00148. The van der Waals surface area contributed by atoms with Crippen molar-refractivity contribution in [3.05, 3.63) is 28.7 Å². The zero-order valence-electron chi connectivity index (χ0n) is 16.0. The van der Waals surface area contributed by atoms with Gasteiger partial charge in [0, 0.05) is 22.7 Å². The van der Waals surface area contributed by atoms with E-state index in [0.29, 0.717) is 18.3 Å². The molecule has 27 heavy (non-hydrogen) atoms. The molecular formula is C20H30BrN3O2S. The molecule has 1 saturated heterocycles. The van der Waals surface area contributed by atoms with Crippen LogP contribution in [0.2, 0.25) is 0 Å². The van der Waals surface area contributed by atoms with E-state index in [1.54, 1.807) is 0 Å². The third kappa shape index (κ3) is 9.12. The van der Waals surface area contributed by atoms with Gasteiger partial charge in [0.05, 0.1) is 11.5 Å². The van der Waals surface area contributed by atoms with E-state index in [0.717, 1.165) is 29.5 Å². The standard InChI is InChI=1S/C20H30BrN3O2S/c1-16-7-2-4-11-24(16)12-5-3-10-22-19(25)14-27-15-20(26)23-18-9-6-8-17(21)13-18/h6,8-9,13,16H,2-5,7,10-12,14-15H2,1H3,(H,22,25)(H,23,26). The summed E-state index contributed by atoms with van der Waals surface area (Å²) in [6.07, 6.45) is 6.10. The van der Waals surface area contributed by atoms with Crippen molar-refractivity contribution in [3.8, 4) is 0 Å². The Labute approximate surface area is 175 Å². The Morgan fingerprint density at radius 3 is 2.81 bits per heavy atom. The summed E-state index contributed by atoms with van der Waals surface area (Å²) in [6, 6.07) is 8.16. The van der Waals surface area contributed by atoms with E-state index >= 15 is 0 Å². The number of thioether (sulfide) groups is 1. The number of rotatable bonds is 10. The molecule has 1 fully saturated rings. The van der Waals surface area contributed by atoms with E-state index in [1.165, 1.54) is 37.6 Å². The number of amides is 2. The summed E-state index contributed by atoms with van der Waals surface area (Å²) in [5.41, 5.74) is 0.752. The van der Waals surface area contributed by atoms with E-state index in [9.17, 15) is 9.59 Å². The van der Waals surface area contributed by atoms with Gasteiger partial charge in [-0.25, -0.2) is 0 Å². The van der Waals surface area contributed by atoms with Crippen LogP contribution >= 0.6 is 27.7 Å². The van der Waals surface area contributed by atoms with Crippen LogP contribution in [0.15, 0.2) is 28.7 Å². The van der Waals surface area contributed by atoms with E-state index in [1.807, 2.05) is 24.3 Å². The van der Waals surface area contributed by atoms with Gasteiger partial charge < -0.3 is 15.5 Å². The topological polar surface area (TPSA) is 61.4 Å². The van der Waals surface area contributed by atoms with E-state index in [4.69, 9.17) is 0 Å². The number of nitrogens with one attached hydrogen (secondary N) is 2. The van der Waals surface area contributed by atoms with Crippen molar-refractivity contribution in [1.29, 1.82) is 0 Å². The average Bonchev–Trinajstić information content (AvgIpc) is 2.63. The number of halogens is 1. The Morgan fingerprint density at radius 2 is 2.04 bits per heavy atom. The van der Waals surface area contributed by atoms with Crippen LogP contribution in [-0.2, 0) is 9.59 Å². The van der Waals surface area contributed by atoms with Gasteiger partial charge in [0.2, 0.25) is 11.8 Å². The van der Waals surface area contributed by atoms with Crippen LogP contribution in [0.25, 0.3) is 0 Å². The lowest BCUT2D eigenvalue weighted by atomic mass is 10.0. The second kappa shape index (κ2) is 12.4. The fourth-order valence-corrected chi connectivity index (χ4v) is 4.25. The van der Waals surface area contributed by atoms with Crippen LogP contribution in [0.3, 0.4) is 0 Å². The highest BCUT2D eigenvalue weighted by Gasteiger charge is 2.17. The van der Waals surface area contributed by atoms with Crippen molar-refractivity contribution in [1.82, 2.24) is 10.2 Å². The average molecular weight is 456 g/mol. The van der Waals surface area contributed by atoms with Crippen molar-refractivity contribution in [2.45, 2.75) is 45.1 Å². The lowest BCUT2D eigenvalue weighted by molar-refractivity contribution is -0.118. The molecule has 0 saturated carbocycles. The molecule has 1 atom stereocenters. The molecule has 0 aliphatic carbocycles. The van der Waals surface area contributed by atoms with Crippen LogP contribution in [0.5, 0.6) is 0 Å². The molecule has 0 bridgehead atoms. The van der Waals surface area contributed by atoms with Crippen LogP contribution < -0.4 is 10.6 Å². The molecule has 7 heteroatoms. The Bertz CT molecular complexity index is 615. The molecule has 1 aromatic carbocycles. The SMILES string of the molecule is CC1CCCCN1CCCCNC(=O)CSCC(=O)Nc1cccc(Br)c1. The first kappa shape index (κ1) is 22.2. The van der Waals surface area contributed by atoms with Gasteiger partial charge in [0.15, 0.2) is 0 Å². The number of anilines is 1. The molecule has 5 nitrogen and oxygen atoms in total. The minimum atomic E-state index is -0.0958. The van der Waals surface area contributed by atoms with E-state index < -0.39 is 0 Å². The molecule has 150 valence electrons. The van der Waals surface area contributed by atoms with Crippen LogP contribution in [-0.4, -0.2) is 53.9 Å². The predicted molar refractivity (Wildman–Crippen MR) is 117 cm³/mol. The number of likely N-dealkylation sites (tertiary alicyclic amines) is 1. The Balaban J connectivity index is 1.49. The molecule has 1 aliphatic rings. The number of hydrogen-bond donors (Lipinski definition) is 2. The highest BCUT2D eigenvalue weighted by atomic mass is 79.9. The summed E-state index contributed by atoms with van der Waals surface area (Å²) in [7, 11) is 0. The summed E-state index contributed by atoms with van der Waals surface area (Å²) in [5.74, 6) is 0.491. The Kier molecular flexibility index (Phi) is 10.2. The normalized spacial score (nSPS) is 17.5. The van der Waals surface area contributed by atoms with Crippen molar-refractivity contribution >= 4 is 45.2 Å². The zero-order chi connectivity index (χ0) is 19.5. The molecule has 1 unspecified atom stereocenters. The molecule has 0 radical (unpaired) electrons. The van der Waals surface area contributed by atoms with Gasteiger partial charge in [-0.3, -0.25) is 9.59 Å². The van der Waals surface area contributed by atoms with Crippen LogP contribution in [0, 0.1) is 0 Å². The number of unbranched alkanes of at least 4 members (excludes halogenated alkanes) is 1. The third-order valence-corrected chi connectivity index (χ3v) is 6.14. The molecular weight excluding hydrogens is 426 g/mol. The summed E-state index contributed by atoms with van der Waals surface area (Å²) >= 11 is 4.71. The Morgan fingerprint density at radius 1 is 1.22 bits per heavy atom. The highest BCUT2D eigenvalue weighted by molar-refractivity contribution is 9.10. The van der Waals surface area contributed by atoms with Crippen molar-refractivity contribution < 1.29 is 9.59 Å². The van der Waals surface area contributed by atoms with Gasteiger partial charge in [-0.2, -0.15) is 0 Å². The Hall–Kier alpha value is -1.05. The highest BCUT2D eigenvalue weighted by Crippen LogP contribution is 2.17. The molecule has 2 N–H and O–H groups in total. The van der Waals surface area contributed by atoms with Crippen LogP contribution in [0.4, 0.5) is 5.69 Å². The number of benzene rings is 1. The molecule has 0 aromatic heterocycles. The van der Waals surface area contributed by atoms with E-state index in [-0.39, 0.29) is 17.6 Å². The number of hydrogen-bond acceptors (Lipinski definition) is 4. The van der Waals surface area contributed by atoms with Crippen molar-refractivity contribution in [2.75, 3.05) is 36.5 Å². The van der Waals surface area contributed by atoms with Gasteiger partial charge in [0.1, 0.15) is 0 Å². The zero-order valence-corrected chi connectivity index (χ0v) is 18.4. The van der Waals surface area contributed by atoms with Gasteiger partial charge in [0.25, 0.3) is 0 Å². The summed E-state index contributed by atoms with van der Waals surface area (Å²) < 4.78 is 0.919. The monoisotopic (exact) mass is 455 g/mol. The summed E-state index contributed by atoms with van der Waals surface area (Å²) in [5, 5.41) is 5.77. The van der Waals surface area contributed by atoms with Gasteiger partial charge in [-0.15, -0.1) is 11.8 Å². The van der Waals surface area contributed by atoms with Crippen molar-refractivity contribution in [3.63, 3.8) is 0 Å². The molecule has 1 aromatic rings. The molecule has 0 spiro atoms. The first-order chi connectivity index (χ1) is 13.0. The number of piperidine rings is 1. The van der Waals surface area contributed by atoms with E-state index in [2.05, 4.69) is 38.4 Å². The predicted octanol–water partition coefficient (Wildman–Crippen LogP) is 3.89.